The van der Waals surface area contributed by atoms with Crippen molar-refractivity contribution in [3.63, 3.8) is 0 Å². The van der Waals surface area contributed by atoms with E-state index in [-0.39, 0.29) is 0 Å². The average molecular weight is 384 g/mol. The summed E-state index contributed by atoms with van der Waals surface area (Å²) in [5, 5.41) is 5.73. The summed E-state index contributed by atoms with van der Waals surface area (Å²) in [6.45, 7) is 0. The van der Waals surface area contributed by atoms with E-state index in [2.05, 4.69) is 71.7 Å². The molecular weight excluding hydrogens is 370 g/mol. The zero-order chi connectivity index (χ0) is 18.0. The number of rotatable bonds is 1. The molecule has 0 fully saturated rings. The normalized spacial score (nSPS) is 11.9. The van der Waals surface area contributed by atoms with E-state index in [0.717, 1.165) is 10.4 Å². The second-order valence-electron chi connectivity index (χ2n) is 6.79. The molecule has 6 rings (SSSR count). The maximum atomic E-state index is 6.62. The summed E-state index contributed by atoms with van der Waals surface area (Å²) in [6.07, 6.45) is 0. The highest BCUT2D eigenvalue weighted by Crippen LogP contribution is 2.44. The van der Waals surface area contributed by atoms with Gasteiger partial charge in [-0.15, -0.1) is 11.3 Å². The molecule has 0 spiro atoms. The maximum absolute atomic E-state index is 6.62. The van der Waals surface area contributed by atoms with Crippen LogP contribution < -0.4 is 0 Å². The molecule has 0 amide bonds. The molecule has 0 radical (unpaired) electrons. The minimum absolute atomic E-state index is 0.815. The van der Waals surface area contributed by atoms with Gasteiger partial charge in [0, 0.05) is 47.0 Å². The Kier molecular flexibility index (Phi) is 3.16. The van der Waals surface area contributed by atoms with Gasteiger partial charge in [0.25, 0.3) is 0 Å². The number of nitrogens with one attached hydrogen (secondary N) is 1. The predicted molar refractivity (Wildman–Crippen MR) is 119 cm³/mol. The van der Waals surface area contributed by atoms with Gasteiger partial charge in [-0.25, -0.2) is 0 Å². The number of aromatic nitrogens is 1. The van der Waals surface area contributed by atoms with Crippen molar-refractivity contribution in [3.8, 4) is 11.1 Å². The molecule has 1 N–H and O–H groups in total. The first kappa shape index (κ1) is 15.3. The third-order valence-corrected chi connectivity index (χ3v) is 6.74. The van der Waals surface area contributed by atoms with Crippen LogP contribution in [0.15, 0.2) is 78.9 Å². The second-order valence-corrected chi connectivity index (χ2v) is 8.28. The molecule has 0 aliphatic carbocycles. The Morgan fingerprint density at radius 2 is 1.33 bits per heavy atom. The SMILES string of the molecule is Clc1cccc2sc3cccc(-c4cccc5c4[nH]c4ccccc45)c3c12. The summed E-state index contributed by atoms with van der Waals surface area (Å²) in [7, 11) is 0. The van der Waals surface area contributed by atoms with Crippen LogP contribution in [-0.2, 0) is 0 Å². The number of aromatic amines is 1. The van der Waals surface area contributed by atoms with E-state index in [9.17, 15) is 0 Å². The molecule has 2 heterocycles. The lowest BCUT2D eigenvalue weighted by molar-refractivity contribution is 1.54. The Morgan fingerprint density at radius 1 is 0.630 bits per heavy atom. The van der Waals surface area contributed by atoms with Crippen LogP contribution in [0.4, 0.5) is 0 Å². The molecule has 3 heteroatoms. The molecule has 0 bridgehead atoms. The smallest absolute Gasteiger partial charge is 0.0544 e. The fraction of sp³-hybridized carbons (Fsp3) is 0. The molecule has 0 aliphatic rings. The summed E-state index contributed by atoms with van der Waals surface area (Å²) >= 11 is 8.42. The molecule has 0 saturated heterocycles. The Bertz CT molecular complexity index is 1490. The van der Waals surface area contributed by atoms with Gasteiger partial charge in [-0.2, -0.15) is 0 Å². The molecule has 27 heavy (non-hydrogen) atoms. The van der Waals surface area contributed by atoms with Crippen molar-refractivity contribution in [2.75, 3.05) is 0 Å². The summed E-state index contributed by atoms with van der Waals surface area (Å²) < 4.78 is 2.50. The molecule has 0 aliphatic heterocycles. The quantitative estimate of drug-likeness (QED) is 0.296. The molecule has 0 atom stereocenters. The van der Waals surface area contributed by atoms with Crippen LogP contribution in [0.3, 0.4) is 0 Å². The lowest BCUT2D eigenvalue weighted by Gasteiger charge is -2.07. The molecule has 4 aromatic carbocycles. The third kappa shape index (κ3) is 2.11. The number of para-hydroxylation sites is 2. The van der Waals surface area contributed by atoms with E-state index in [1.54, 1.807) is 11.3 Å². The highest BCUT2D eigenvalue weighted by atomic mass is 35.5. The van der Waals surface area contributed by atoms with Gasteiger partial charge in [0.1, 0.15) is 0 Å². The number of thiophene rings is 1. The van der Waals surface area contributed by atoms with Gasteiger partial charge >= 0.3 is 0 Å². The monoisotopic (exact) mass is 383 g/mol. The van der Waals surface area contributed by atoms with Gasteiger partial charge < -0.3 is 4.98 Å². The fourth-order valence-corrected chi connectivity index (χ4v) is 5.63. The van der Waals surface area contributed by atoms with Crippen LogP contribution in [0.2, 0.25) is 5.02 Å². The van der Waals surface area contributed by atoms with Crippen LogP contribution in [0, 0.1) is 0 Å². The minimum Gasteiger partial charge on any atom is -0.354 e. The van der Waals surface area contributed by atoms with Gasteiger partial charge in [0.2, 0.25) is 0 Å². The van der Waals surface area contributed by atoms with Crippen LogP contribution in [0.1, 0.15) is 0 Å². The molecule has 6 aromatic rings. The number of hydrogen-bond acceptors (Lipinski definition) is 1. The lowest BCUT2D eigenvalue weighted by atomic mass is 9.97. The number of benzene rings is 4. The van der Waals surface area contributed by atoms with Gasteiger partial charge in [0.15, 0.2) is 0 Å². The Labute approximate surface area is 164 Å². The first-order valence-corrected chi connectivity index (χ1v) is 10.1. The molecule has 1 nitrogen and oxygen atoms in total. The number of H-pyrrole nitrogens is 1. The number of hydrogen-bond donors (Lipinski definition) is 1. The van der Waals surface area contributed by atoms with Crippen LogP contribution in [-0.4, -0.2) is 4.98 Å². The van der Waals surface area contributed by atoms with E-state index >= 15 is 0 Å². The zero-order valence-corrected chi connectivity index (χ0v) is 15.9. The number of halogens is 1. The molecule has 0 saturated carbocycles. The fourth-order valence-electron chi connectivity index (χ4n) is 4.15. The maximum Gasteiger partial charge on any atom is 0.0544 e. The van der Waals surface area contributed by atoms with Gasteiger partial charge in [-0.1, -0.05) is 66.2 Å². The highest BCUT2D eigenvalue weighted by molar-refractivity contribution is 7.26. The average Bonchev–Trinajstić information content (AvgIpc) is 3.26. The van der Waals surface area contributed by atoms with Crippen molar-refractivity contribution < 1.29 is 0 Å². The van der Waals surface area contributed by atoms with Crippen molar-refractivity contribution in [3.05, 3.63) is 83.9 Å². The third-order valence-electron chi connectivity index (χ3n) is 5.30. The first-order valence-electron chi connectivity index (χ1n) is 8.91. The molecule has 2 aromatic heterocycles. The van der Waals surface area contributed by atoms with Crippen LogP contribution >= 0.6 is 22.9 Å². The molecular formula is C24H14ClNS. The van der Waals surface area contributed by atoms with E-state index < -0.39 is 0 Å². The summed E-state index contributed by atoms with van der Waals surface area (Å²) in [5.41, 5.74) is 4.79. The summed E-state index contributed by atoms with van der Waals surface area (Å²) in [4.78, 5) is 3.64. The Morgan fingerprint density at radius 3 is 2.26 bits per heavy atom. The van der Waals surface area contributed by atoms with Gasteiger partial charge in [-0.05, 0) is 29.8 Å². The largest absolute Gasteiger partial charge is 0.354 e. The van der Waals surface area contributed by atoms with E-state index in [0.29, 0.717) is 0 Å². The molecule has 128 valence electrons. The topological polar surface area (TPSA) is 15.8 Å². The van der Waals surface area contributed by atoms with Crippen LogP contribution in [0.25, 0.3) is 53.1 Å². The lowest BCUT2D eigenvalue weighted by Crippen LogP contribution is -1.82. The Balaban J connectivity index is 1.80. The predicted octanol–water partition coefficient (Wildman–Crippen LogP) is 8.01. The summed E-state index contributed by atoms with van der Waals surface area (Å²) in [6, 6.07) is 27.7. The van der Waals surface area contributed by atoms with E-state index in [1.807, 2.05) is 12.1 Å². The second kappa shape index (κ2) is 5.59. The highest BCUT2D eigenvalue weighted by Gasteiger charge is 2.16. The number of fused-ring (bicyclic) bond motifs is 6. The van der Waals surface area contributed by atoms with E-state index in [1.165, 1.54) is 47.7 Å². The minimum atomic E-state index is 0.815. The van der Waals surface area contributed by atoms with Crippen LogP contribution in [0.5, 0.6) is 0 Å². The first-order chi connectivity index (χ1) is 13.3. The molecule has 0 unspecified atom stereocenters. The van der Waals surface area contributed by atoms with Gasteiger partial charge in [-0.3, -0.25) is 0 Å². The van der Waals surface area contributed by atoms with Crippen molar-refractivity contribution in [2.45, 2.75) is 0 Å². The van der Waals surface area contributed by atoms with E-state index in [4.69, 9.17) is 11.6 Å². The summed E-state index contributed by atoms with van der Waals surface area (Å²) in [5.74, 6) is 0. The zero-order valence-electron chi connectivity index (χ0n) is 14.3. The van der Waals surface area contributed by atoms with Crippen molar-refractivity contribution in [2.24, 2.45) is 0 Å². The standard InChI is InChI=1S/C24H14ClNS/c25-18-10-5-13-21-23(18)22-15(7-4-12-20(22)27-21)17-9-3-8-16-14-6-1-2-11-19(14)26-24(16)17/h1-13,26H. The van der Waals surface area contributed by atoms with Crippen molar-refractivity contribution in [1.82, 2.24) is 4.98 Å². The van der Waals surface area contributed by atoms with Crippen molar-refractivity contribution in [1.29, 1.82) is 0 Å². The van der Waals surface area contributed by atoms with Gasteiger partial charge in [0.05, 0.1) is 5.52 Å². The Hall–Kier alpha value is -2.81. The van der Waals surface area contributed by atoms with Crippen molar-refractivity contribution >= 4 is 64.9 Å².